The maximum Gasteiger partial charge on any atom is 0.107 e. The van der Waals surface area contributed by atoms with E-state index in [0.29, 0.717) is 0 Å². The normalized spacial score (nSPS) is 12.6. The first-order valence-corrected chi connectivity index (χ1v) is 7.37. The molecule has 1 aromatic carbocycles. The minimum absolute atomic E-state index is 0.889. The number of rotatable bonds is 3. The Bertz CT molecular complexity index is 563. The van der Waals surface area contributed by atoms with Crippen molar-refractivity contribution in [3.05, 3.63) is 38.1 Å². The number of benzene rings is 1. The van der Waals surface area contributed by atoms with Crippen LogP contribution in [0.25, 0.3) is 11.3 Å². The fourth-order valence-electron chi connectivity index (χ4n) is 2.15. The first kappa shape index (κ1) is 11.4. The van der Waals surface area contributed by atoms with Gasteiger partial charge in [0.25, 0.3) is 0 Å². The molecule has 1 aromatic heterocycles. The highest BCUT2D eigenvalue weighted by Gasteiger charge is 2.22. The zero-order valence-corrected chi connectivity index (χ0v) is 12.0. The molecule has 0 saturated heterocycles. The van der Waals surface area contributed by atoms with Crippen LogP contribution in [-0.4, -0.2) is 11.5 Å². The summed E-state index contributed by atoms with van der Waals surface area (Å²) >= 11 is 5.36. The highest BCUT2D eigenvalue weighted by atomic mass is 79.9. The number of hydrogen-bond donors (Lipinski definition) is 1. The second-order valence-electron chi connectivity index (χ2n) is 4.14. The van der Waals surface area contributed by atoms with Gasteiger partial charge in [-0.05, 0) is 24.2 Å². The van der Waals surface area contributed by atoms with Gasteiger partial charge < -0.3 is 5.32 Å². The van der Waals surface area contributed by atoms with Crippen molar-refractivity contribution in [2.24, 2.45) is 0 Å². The lowest BCUT2D eigenvalue weighted by Crippen LogP contribution is -2.11. The third-order valence-corrected chi connectivity index (χ3v) is 4.49. The van der Waals surface area contributed by atoms with Gasteiger partial charge in [-0.15, -0.1) is 11.3 Å². The fourth-order valence-corrected chi connectivity index (χ4v) is 3.63. The number of fused-ring (bicyclic) bond motifs is 3. The molecule has 0 fully saturated rings. The van der Waals surface area contributed by atoms with Gasteiger partial charge in [0.2, 0.25) is 0 Å². The van der Waals surface area contributed by atoms with Crippen molar-refractivity contribution < 1.29 is 0 Å². The molecule has 2 nitrogen and oxygen atoms in total. The number of thiazole rings is 1. The van der Waals surface area contributed by atoms with Gasteiger partial charge in [-0.25, -0.2) is 4.98 Å². The molecular formula is C13H13BrN2S. The number of aromatic nitrogens is 1. The standard InChI is InChI=1S/C13H13BrN2S/c1-2-15-7-12-16-13-10-4-3-9(14)5-8(10)6-11(13)17-12/h3-5,15H,2,6-7H2,1H3. The molecule has 0 bridgehead atoms. The predicted octanol–water partition coefficient (Wildman–Crippen LogP) is 3.59. The van der Waals surface area contributed by atoms with Crippen LogP contribution in [0, 0.1) is 0 Å². The smallest absolute Gasteiger partial charge is 0.107 e. The average molecular weight is 309 g/mol. The molecule has 0 radical (unpaired) electrons. The number of nitrogens with zero attached hydrogens (tertiary/aromatic N) is 1. The van der Waals surface area contributed by atoms with Crippen LogP contribution in [0.15, 0.2) is 22.7 Å². The van der Waals surface area contributed by atoms with E-state index in [2.05, 4.69) is 46.4 Å². The Morgan fingerprint density at radius 3 is 3.18 bits per heavy atom. The Kier molecular flexibility index (Phi) is 3.03. The zero-order chi connectivity index (χ0) is 11.8. The summed E-state index contributed by atoms with van der Waals surface area (Å²) in [7, 11) is 0. The molecule has 0 aliphatic heterocycles. The third kappa shape index (κ3) is 2.05. The van der Waals surface area contributed by atoms with Crippen molar-refractivity contribution in [2.45, 2.75) is 19.9 Å². The van der Waals surface area contributed by atoms with Gasteiger partial charge in [-0.1, -0.05) is 28.9 Å². The average Bonchev–Trinajstić information content (AvgIpc) is 2.82. The van der Waals surface area contributed by atoms with E-state index in [4.69, 9.17) is 4.98 Å². The number of nitrogens with one attached hydrogen (secondary N) is 1. The van der Waals surface area contributed by atoms with Crippen LogP contribution < -0.4 is 5.32 Å². The van der Waals surface area contributed by atoms with Crippen LogP contribution >= 0.6 is 27.3 Å². The molecule has 1 N–H and O–H groups in total. The summed E-state index contributed by atoms with van der Waals surface area (Å²) in [5, 5.41) is 4.53. The topological polar surface area (TPSA) is 24.9 Å². The lowest BCUT2D eigenvalue weighted by Gasteiger charge is -2.00. The Morgan fingerprint density at radius 1 is 1.47 bits per heavy atom. The van der Waals surface area contributed by atoms with Gasteiger partial charge >= 0.3 is 0 Å². The quantitative estimate of drug-likeness (QED) is 0.800. The second-order valence-corrected chi connectivity index (χ2v) is 6.22. The highest BCUT2D eigenvalue weighted by Crippen LogP contribution is 2.40. The van der Waals surface area contributed by atoms with E-state index in [9.17, 15) is 0 Å². The molecule has 1 aliphatic carbocycles. The van der Waals surface area contributed by atoms with E-state index in [0.717, 1.165) is 24.0 Å². The van der Waals surface area contributed by atoms with E-state index >= 15 is 0 Å². The van der Waals surface area contributed by atoms with Gasteiger partial charge in [-0.3, -0.25) is 0 Å². The molecule has 4 heteroatoms. The summed E-state index contributed by atoms with van der Waals surface area (Å²) in [4.78, 5) is 6.15. The van der Waals surface area contributed by atoms with Crippen LogP contribution in [0.5, 0.6) is 0 Å². The van der Waals surface area contributed by atoms with Crippen molar-refractivity contribution in [3.8, 4) is 11.3 Å². The van der Waals surface area contributed by atoms with Crippen molar-refractivity contribution in [1.29, 1.82) is 0 Å². The number of hydrogen-bond acceptors (Lipinski definition) is 3. The van der Waals surface area contributed by atoms with E-state index < -0.39 is 0 Å². The van der Waals surface area contributed by atoms with E-state index in [-0.39, 0.29) is 0 Å². The molecule has 2 aromatic rings. The van der Waals surface area contributed by atoms with Crippen LogP contribution in [-0.2, 0) is 13.0 Å². The molecule has 1 aliphatic rings. The van der Waals surface area contributed by atoms with Gasteiger partial charge in [0.05, 0.1) is 5.69 Å². The summed E-state index contributed by atoms with van der Waals surface area (Å²) in [6.07, 6.45) is 1.04. The van der Waals surface area contributed by atoms with Gasteiger partial charge in [0.15, 0.2) is 0 Å². The molecule has 0 amide bonds. The minimum atomic E-state index is 0.889. The monoisotopic (exact) mass is 308 g/mol. The molecule has 0 saturated carbocycles. The van der Waals surface area contributed by atoms with Gasteiger partial charge in [-0.2, -0.15) is 0 Å². The first-order valence-electron chi connectivity index (χ1n) is 5.76. The maximum absolute atomic E-state index is 4.74. The molecule has 88 valence electrons. The van der Waals surface area contributed by atoms with Crippen molar-refractivity contribution in [1.82, 2.24) is 10.3 Å². The SMILES string of the molecule is CCNCc1nc2c(s1)Cc1cc(Br)ccc1-2. The van der Waals surface area contributed by atoms with Gasteiger partial charge in [0, 0.05) is 27.9 Å². The van der Waals surface area contributed by atoms with Crippen molar-refractivity contribution >= 4 is 27.3 Å². The van der Waals surface area contributed by atoms with Crippen molar-refractivity contribution in [2.75, 3.05) is 6.54 Å². The Morgan fingerprint density at radius 2 is 2.35 bits per heavy atom. The van der Waals surface area contributed by atoms with E-state index in [1.54, 1.807) is 0 Å². The zero-order valence-electron chi connectivity index (χ0n) is 9.59. The van der Waals surface area contributed by atoms with Crippen molar-refractivity contribution in [3.63, 3.8) is 0 Å². The molecule has 1 heterocycles. The molecule has 3 rings (SSSR count). The Balaban J connectivity index is 1.95. The molecule has 0 spiro atoms. The lowest BCUT2D eigenvalue weighted by molar-refractivity contribution is 0.723. The highest BCUT2D eigenvalue weighted by molar-refractivity contribution is 9.10. The second kappa shape index (κ2) is 4.52. The Hall–Kier alpha value is -0.710. The lowest BCUT2D eigenvalue weighted by atomic mass is 10.1. The summed E-state index contributed by atoms with van der Waals surface area (Å²) in [5.74, 6) is 0. The van der Waals surface area contributed by atoms with Crippen LogP contribution in [0.2, 0.25) is 0 Å². The number of halogens is 1. The molecular weight excluding hydrogens is 296 g/mol. The molecule has 0 unspecified atom stereocenters. The summed E-state index contributed by atoms with van der Waals surface area (Å²) < 4.78 is 1.15. The Labute approximate surface area is 113 Å². The van der Waals surface area contributed by atoms with Gasteiger partial charge in [0.1, 0.15) is 5.01 Å². The third-order valence-electron chi connectivity index (χ3n) is 2.94. The van der Waals surface area contributed by atoms with E-state index in [1.807, 2.05) is 11.3 Å². The van der Waals surface area contributed by atoms with E-state index in [1.165, 1.54) is 26.7 Å². The molecule has 17 heavy (non-hydrogen) atoms. The predicted molar refractivity (Wildman–Crippen MR) is 75.4 cm³/mol. The largest absolute Gasteiger partial charge is 0.311 e. The van der Waals surface area contributed by atoms with Crippen LogP contribution in [0.4, 0.5) is 0 Å². The van der Waals surface area contributed by atoms with Crippen LogP contribution in [0.1, 0.15) is 22.4 Å². The fraction of sp³-hybridized carbons (Fsp3) is 0.308. The molecule has 0 atom stereocenters. The first-order chi connectivity index (χ1) is 8.28. The summed E-state index contributed by atoms with van der Waals surface area (Å²) in [5.41, 5.74) is 3.90. The van der Waals surface area contributed by atoms with Crippen LogP contribution in [0.3, 0.4) is 0 Å². The summed E-state index contributed by atoms with van der Waals surface area (Å²) in [6.45, 7) is 4.00. The minimum Gasteiger partial charge on any atom is -0.311 e. The maximum atomic E-state index is 4.74. The summed E-state index contributed by atoms with van der Waals surface area (Å²) in [6, 6.07) is 6.47.